The lowest BCUT2D eigenvalue weighted by Crippen LogP contribution is -2.50. The summed E-state index contributed by atoms with van der Waals surface area (Å²) in [5.74, 6) is -2.21. The lowest BCUT2D eigenvalue weighted by Gasteiger charge is -2.32. The summed E-state index contributed by atoms with van der Waals surface area (Å²) in [6, 6.07) is -0.155. The van der Waals surface area contributed by atoms with Gasteiger partial charge in [0.15, 0.2) is 6.61 Å². The Labute approximate surface area is 173 Å². The fourth-order valence-corrected chi connectivity index (χ4v) is 2.23. The molecule has 29 heavy (non-hydrogen) atoms. The molecule has 5 nitrogen and oxygen atoms in total. The molecule has 2 unspecified atom stereocenters. The molecule has 2 atom stereocenters. The summed E-state index contributed by atoms with van der Waals surface area (Å²) in [6.45, 7) is 9.16. The van der Waals surface area contributed by atoms with Crippen LogP contribution in [0.15, 0.2) is 48.1 Å². The van der Waals surface area contributed by atoms with Crippen LogP contribution in [-0.4, -0.2) is 44.9 Å². The van der Waals surface area contributed by atoms with E-state index in [1.807, 2.05) is 6.92 Å². The van der Waals surface area contributed by atoms with Crippen LogP contribution >= 0.6 is 11.6 Å². The highest BCUT2D eigenvalue weighted by Gasteiger charge is 2.42. The smallest absolute Gasteiger partial charge is 0.393 e. The van der Waals surface area contributed by atoms with Crippen LogP contribution in [0.4, 0.5) is 17.6 Å². The van der Waals surface area contributed by atoms with E-state index in [4.69, 9.17) is 16.3 Å². The SMILES string of the molecule is C=C(CC)NC1CNCC(C(F)(F)F)C1.C=C(F)/C(Cl)=C\C=C\OCC(=O)NC. The third kappa shape index (κ3) is 13.0. The highest BCUT2D eigenvalue weighted by molar-refractivity contribution is 6.31. The van der Waals surface area contributed by atoms with Crippen LogP contribution in [0.1, 0.15) is 19.8 Å². The zero-order valence-electron chi connectivity index (χ0n) is 16.5. The molecule has 1 aliphatic heterocycles. The Morgan fingerprint density at radius 3 is 2.52 bits per heavy atom. The number of piperidine rings is 1. The van der Waals surface area contributed by atoms with Crippen LogP contribution in [0, 0.1) is 5.92 Å². The summed E-state index contributed by atoms with van der Waals surface area (Å²) in [5, 5.41) is 8.07. The maximum absolute atomic E-state index is 12.4. The second-order valence-electron chi connectivity index (χ2n) is 6.16. The lowest BCUT2D eigenvalue weighted by molar-refractivity contribution is -0.179. The van der Waals surface area contributed by atoms with Crippen LogP contribution in [0.3, 0.4) is 0 Å². The van der Waals surface area contributed by atoms with E-state index in [0.29, 0.717) is 6.54 Å². The molecule has 1 saturated heterocycles. The first kappa shape index (κ1) is 27.0. The largest absolute Gasteiger partial charge is 0.491 e. The highest BCUT2D eigenvalue weighted by Crippen LogP contribution is 2.31. The van der Waals surface area contributed by atoms with Crippen LogP contribution < -0.4 is 16.0 Å². The van der Waals surface area contributed by atoms with Crippen molar-refractivity contribution in [1.82, 2.24) is 16.0 Å². The Morgan fingerprint density at radius 1 is 1.34 bits per heavy atom. The van der Waals surface area contributed by atoms with Crippen molar-refractivity contribution < 1.29 is 27.1 Å². The summed E-state index contributed by atoms with van der Waals surface area (Å²) in [5.41, 5.74) is 0.796. The number of allylic oxidation sites excluding steroid dienone is 5. The highest BCUT2D eigenvalue weighted by atomic mass is 35.5. The van der Waals surface area contributed by atoms with Crippen molar-refractivity contribution in [2.24, 2.45) is 5.92 Å². The van der Waals surface area contributed by atoms with E-state index >= 15 is 0 Å². The van der Waals surface area contributed by atoms with Gasteiger partial charge in [-0.15, -0.1) is 0 Å². The van der Waals surface area contributed by atoms with Crippen LogP contribution in [0.2, 0.25) is 0 Å². The minimum Gasteiger partial charge on any atom is -0.491 e. The number of hydrogen-bond acceptors (Lipinski definition) is 4. The Hall–Kier alpha value is -2.00. The average Bonchev–Trinajstić information content (AvgIpc) is 2.67. The topological polar surface area (TPSA) is 62.4 Å². The fourth-order valence-electron chi connectivity index (χ4n) is 2.16. The molecule has 0 aromatic rings. The van der Waals surface area contributed by atoms with Gasteiger partial charge in [-0.2, -0.15) is 13.2 Å². The van der Waals surface area contributed by atoms with Crippen LogP contribution in [-0.2, 0) is 9.53 Å². The molecule has 1 aliphatic rings. The van der Waals surface area contributed by atoms with Gasteiger partial charge < -0.3 is 20.7 Å². The Morgan fingerprint density at radius 2 is 2.00 bits per heavy atom. The van der Waals surface area contributed by atoms with E-state index in [1.165, 1.54) is 25.5 Å². The first-order valence-electron chi connectivity index (χ1n) is 8.92. The normalized spacial score (nSPS) is 19.8. The molecule has 1 amide bonds. The third-order valence-electron chi connectivity index (χ3n) is 3.82. The zero-order valence-corrected chi connectivity index (χ0v) is 17.3. The van der Waals surface area contributed by atoms with Crippen molar-refractivity contribution in [3.8, 4) is 0 Å². The molecule has 166 valence electrons. The van der Waals surface area contributed by atoms with Gasteiger partial charge in [0.25, 0.3) is 5.91 Å². The molecule has 3 N–H and O–H groups in total. The molecule has 10 heteroatoms. The number of nitrogens with one attached hydrogen (secondary N) is 3. The van der Waals surface area contributed by atoms with Crippen molar-refractivity contribution in [3.63, 3.8) is 0 Å². The molecule has 0 aromatic heterocycles. The molecule has 0 aliphatic carbocycles. The van der Waals surface area contributed by atoms with Gasteiger partial charge in [-0.1, -0.05) is 31.7 Å². The average molecular weight is 442 g/mol. The molecule has 0 spiro atoms. The summed E-state index contributed by atoms with van der Waals surface area (Å²) in [6.07, 6.45) is 0.661. The van der Waals surface area contributed by atoms with Crippen LogP contribution in [0.25, 0.3) is 0 Å². The van der Waals surface area contributed by atoms with Crippen molar-refractivity contribution in [2.45, 2.75) is 32.0 Å². The number of carbonyl (C=O) groups excluding carboxylic acids is 1. The summed E-state index contributed by atoms with van der Waals surface area (Å²) in [4.78, 5) is 10.6. The minimum atomic E-state index is -4.10. The van der Waals surface area contributed by atoms with Gasteiger partial charge in [0.1, 0.15) is 5.83 Å². The predicted octanol–water partition coefficient (Wildman–Crippen LogP) is 3.91. The first-order valence-corrected chi connectivity index (χ1v) is 9.30. The van der Waals surface area contributed by atoms with E-state index in [1.54, 1.807) is 0 Å². The number of hydrogen-bond donors (Lipinski definition) is 3. The van der Waals surface area contributed by atoms with E-state index in [9.17, 15) is 22.4 Å². The predicted molar refractivity (Wildman–Crippen MR) is 107 cm³/mol. The van der Waals surface area contributed by atoms with Crippen molar-refractivity contribution in [1.29, 1.82) is 0 Å². The van der Waals surface area contributed by atoms with E-state index in [2.05, 4.69) is 29.1 Å². The molecule has 1 heterocycles. The summed E-state index contributed by atoms with van der Waals surface area (Å²) in [7, 11) is 1.50. The number of ether oxygens (including phenoxy) is 1. The molecule has 0 saturated carbocycles. The van der Waals surface area contributed by atoms with E-state index < -0.39 is 17.9 Å². The molecule has 0 aromatic carbocycles. The van der Waals surface area contributed by atoms with Crippen molar-refractivity contribution >= 4 is 17.5 Å². The zero-order chi connectivity index (χ0) is 22.4. The van der Waals surface area contributed by atoms with Gasteiger partial charge in [0.2, 0.25) is 0 Å². The second-order valence-corrected chi connectivity index (χ2v) is 6.57. The number of rotatable bonds is 8. The number of amides is 1. The molecule has 0 bridgehead atoms. The van der Waals surface area contributed by atoms with Crippen molar-refractivity contribution in [2.75, 3.05) is 26.7 Å². The summed E-state index contributed by atoms with van der Waals surface area (Å²) >= 11 is 5.38. The monoisotopic (exact) mass is 441 g/mol. The minimum absolute atomic E-state index is 0.0281. The number of carbonyl (C=O) groups is 1. The number of likely N-dealkylation sites (N-methyl/N-ethyl adjacent to an activating group) is 1. The number of halogens is 5. The molecule has 1 fully saturated rings. The molecular weight excluding hydrogens is 414 g/mol. The fraction of sp³-hybridized carbons (Fsp3) is 0.526. The van der Waals surface area contributed by atoms with Gasteiger partial charge in [0, 0.05) is 31.9 Å². The summed E-state index contributed by atoms with van der Waals surface area (Å²) < 4.78 is 54.4. The lowest BCUT2D eigenvalue weighted by atomic mass is 9.95. The molecular formula is C19H28ClF4N3O2. The Bertz CT molecular complexity index is 607. The van der Waals surface area contributed by atoms with Crippen molar-refractivity contribution in [3.05, 3.63) is 48.1 Å². The van der Waals surface area contributed by atoms with E-state index in [-0.39, 0.29) is 36.6 Å². The maximum atomic E-state index is 12.4. The molecule has 1 rings (SSSR count). The van der Waals surface area contributed by atoms with Gasteiger partial charge >= 0.3 is 6.18 Å². The third-order valence-corrected chi connectivity index (χ3v) is 4.15. The first-order chi connectivity index (χ1) is 13.5. The Balaban J connectivity index is 0.000000543. The van der Waals surface area contributed by atoms with Gasteiger partial charge in [-0.3, -0.25) is 4.79 Å². The quantitative estimate of drug-likeness (QED) is 0.303. The van der Waals surface area contributed by atoms with E-state index in [0.717, 1.165) is 12.1 Å². The van der Waals surface area contributed by atoms with Gasteiger partial charge in [-0.25, -0.2) is 4.39 Å². The van der Waals surface area contributed by atoms with Gasteiger partial charge in [-0.05, 0) is 25.0 Å². The maximum Gasteiger partial charge on any atom is 0.393 e. The van der Waals surface area contributed by atoms with Gasteiger partial charge in [0.05, 0.1) is 17.2 Å². The van der Waals surface area contributed by atoms with Crippen LogP contribution in [0.5, 0.6) is 0 Å². The number of alkyl halides is 3. The second kappa shape index (κ2) is 14.1. The Kier molecular flexibility index (Phi) is 13.1. The standard InChI is InChI=1S/C10H17F3N2.C9H11ClFNO2/c1-3-7(2)15-9-4-8(5-14-6-9)10(11,12)13;1-7(11)8(10)4-3-5-14-6-9(13)12-2/h8-9,14-15H,2-6H2,1H3;3-5H,1,6H2,2H3,(H,12,13)/b;5-3+,8-4+. The molecule has 0 radical (unpaired) electrons.